The number of carbonyl (C=O) groups is 3. The average Bonchev–Trinajstić information content (AvgIpc) is 2.82. The normalized spacial score (nSPS) is 17.2. The average molecular weight is 340 g/mol. The minimum Gasteiger partial charge on any atom is -0.326 e. The second-order valence-electron chi connectivity index (χ2n) is 5.50. The molecule has 2 aromatic carbocycles. The topological polar surface area (TPSA) is 66.5 Å². The fourth-order valence-electron chi connectivity index (χ4n) is 2.50. The molecule has 0 aliphatic carbocycles. The SMILES string of the molecule is Cc1cccc(NC(=O)C[C@H]2SC(=O)N(c3ccccc3)C2=O)c1. The van der Waals surface area contributed by atoms with E-state index in [-0.39, 0.29) is 23.5 Å². The van der Waals surface area contributed by atoms with E-state index >= 15 is 0 Å². The van der Waals surface area contributed by atoms with Crippen molar-refractivity contribution in [2.75, 3.05) is 10.2 Å². The highest BCUT2D eigenvalue weighted by atomic mass is 32.2. The largest absolute Gasteiger partial charge is 0.326 e. The summed E-state index contributed by atoms with van der Waals surface area (Å²) < 4.78 is 0. The van der Waals surface area contributed by atoms with E-state index in [9.17, 15) is 14.4 Å². The molecule has 3 amide bonds. The van der Waals surface area contributed by atoms with E-state index in [1.54, 1.807) is 30.3 Å². The second-order valence-corrected chi connectivity index (χ2v) is 6.66. The molecular weight excluding hydrogens is 324 g/mol. The first-order chi connectivity index (χ1) is 11.5. The summed E-state index contributed by atoms with van der Waals surface area (Å²) >= 11 is 0.895. The van der Waals surface area contributed by atoms with E-state index in [2.05, 4.69) is 5.32 Å². The molecule has 1 N–H and O–H groups in total. The third kappa shape index (κ3) is 3.49. The molecule has 122 valence electrons. The summed E-state index contributed by atoms with van der Waals surface area (Å²) in [4.78, 5) is 37.9. The Morgan fingerprint density at radius 2 is 1.88 bits per heavy atom. The van der Waals surface area contributed by atoms with Crippen LogP contribution in [0.3, 0.4) is 0 Å². The molecule has 6 heteroatoms. The minimum atomic E-state index is -0.692. The van der Waals surface area contributed by atoms with Crippen LogP contribution in [0.2, 0.25) is 0 Å². The Morgan fingerprint density at radius 3 is 2.58 bits per heavy atom. The number of anilines is 2. The van der Waals surface area contributed by atoms with E-state index in [0.717, 1.165) is 22.2 Å². The molecule has 0 bridgehead atoms. The summed E-state index contributed by atoms with van der Waals surface area (Å²) in [6.45, 7) is 1.93. The number of hydrogen-bond acceptors (Lipinski definition) is 4. The molecule has 0 unspecified atom stereocenters. The molecule has 0 saturated carbocycles. The van der Waals surface area contributed by atoms with Gasteiger partial charge in [-0.2, -0.15) is 0 Å². The lowest BCUT2D eigenvalue weighted by molar-refractivity contribution is -0.121. The highest BCUT2D eigenvalue weighted by molar-refractivity contribution is 8.15. The highest BCUT2D eigenvalue weighted by Gasteiger charge is 2.41. The van der Waals surface area contributed by atoms with Gasteiger partial charge in [-0.25, -0.2) is 4.90 Å². The van der Waals surface area contributed by atoms with Gasteiger partial charge in [-0.3, -0.25) is 14.4 Å². The zero-order valence-electron chi connectivity index (χ0n) is 13.1. The molecule has 24 heavy (non-hydrogen) atoms. The first-order valence-corrected chi connectivity index (χ1v) is 8.39. The third-order valence-corrected chi connectivity index (χ3v) is 4.65. The van der Waals surface area contributed by atoms with Crippen molar-refractivity contribution in [1.29, 1.82) is 0 Å². The monoisotopic (exact) mass is 340 g/mol. The molecule has 5 nitrogen and oxygen atoms in total. The Labute approximate surface area is 144 Å². The number of benzene rings is 2. The van der Waals surface area contributed by atoms with Crippen LogP contribution < -0.4 is 10.2 Å². The lowest BCUT2D eigenvalue weighted by Crippen LogP contribution is -2.32. The van der Waals surface area contributed by atoms with E-state index in [4.69, 9.17) is 0 Å². The van der Waals surface area contributed by atoms with Crippen LogP contribution in [0.5, 0.6) is 0 Å². The molecular formula is C18H16N2O3S. The lowest BCUT2D eigenvalue weighted by Gasteiger charge is -2.13. The maximum atomic E-state index is 12.5. The maximum Gasteiger partial charge on any atom is 0.293 e. The molecule has 1 aliphatic rings. The number of nitrogens with one attached hydrogen (secondary N) is 1. The number of aryl methyl sites for hydroxylation is 1. The standard InChI is InChI=1S/C18H16N2O3S/c1-12-6-5-7-13(10-12)19-16(21)11-15-17(22)20(18(23)24-15)14-8-3-2-4-9-14/h2-10,15H,11H2,1H3,(H,19,21)/t15-/m1/s1. The number of hydrogen-bond donors (Lipinski definition) is 1. The van der Waals surface area contributed by atoms with Gasteiger partial charge < -0.3 is 5.32 Å². The zero-order valence-corrected chi connectivity index (χ0v) is 13.9. The van der Waals surface area contributed by atoms with Crippen LogP contribution in [0.4, 0.5) is 16.2 Å². The van der Waals surface area contributed by atoms with Crippen molar-refractivity contribution in [2.24, 2.45) is 0 Å². The Kier molecular flexibility index (Phi) is 4.66. The summed E-state index contributed by atoms with van der Waals surface area (Å²) in [5, 5.41) is 1.73. The molecule has 0 aromatic heterocycles. The summed E-state index contributed by atoms with van der Waals surface area (Å²) in [6.07, 6.45) is -0.0352. The summed E-state index contributed by atoms with van der Waals surface area (Å²) in [5.41, 5.74) is 2.24. The summed E-state index contributed by atoms with van der Waals surface area (Å²) in [6, 6.07) is 16.2. The summed E-state index contributed by atoms with van der Waals surface area (Å²) in [5.74, 6) is -0.634. The second kappa shape index (κ2) is 6.88. The van der Waals surface area contributed by atoms with Crippen LogP contribution in [0.1, 0.15) is 12.0 Å². The quantitative estimate of drug-likeness (QED) is 0.923. The number of thioether (sulfide) groups is 1. The molecule has 1 heterocycles. The first-order valence-electron chi connectivity index (χ1n) is 7.51. The fourth-order valence-corrected chi connectivity index (χ4v) is 3.49. The number of nitrogens with zero attached hydrogens (tertiary/aromatic N) is 1. The molecule has 1 saturated heterocycles. The van der Waals surface area contributed by atoms with Crippen LogP contribution in [-0.2, 0) is 9.59 Å². The van der Waals surface area contributed by atoms with Gasteiger partial charge in [0, 0.05) is 12.1 Å². The molecule has 1 atom stereocenters. The van der Waals surface area contributed by atoms with Crippen molar-refractivity contribution < 1.29 is 14.4 Å². The van der Waals surface area contributed by atoms with Crippen molar-refractivity contribution in [3.63, 3.8) is 0 Å². The van der Waals surface area contributed by atoms with Crippen molar-refractivity contribution in [3.05, 3.63) is 60.2 Å². The van der Waals surface area contributed by atoms with E-state index < -0.39 is 5.25 Å². The Balaban J connectivity index is 1.67. The Morgan fingerprint density at radius 1 is 1.12 bits per heavy atom. The number of amides is 3. The van der Waals surface area contributed by atoms with Gasteiger partial charge in [-0.05, 0) is 48.5 Å². The minimum absolute atomic E-state index is 0.0352. The maximum absolute atomic E-state index is 12.5. The van der Waals surface area contributed by atoms with E-state index in [1.807, 2.05) is 31.2 Å². The van der Waals surface area contributed by atoms with Gasteiger partial charge in [0.15, 0.2) is 0 Å². The summed E-state index contributed by atoms with van der Waals surface area (Å²) in [7, 11) is 0. The van der Waals surface area contributed by atoms with Crippen molar-refractivity contribution in [1.82, 2.24) is 0 Å². The molecule has 2 aromatic rings. The number of para-hydroxylation sites is 1. The number of rotatable bonds is 4. The van der Waals surface area contributed by atoms with E-state index in [0.29, 0.717) is 11.4 Å². The first kappa shape index (κ1) is 16.3. The van der Waals surface area contributed by atoms with Crippen LogP contribution in [-0.4, -0.2) is 22.3 Å². The van der Waals surface area contributed by atoms with Crippen molar-refractivity contribution in [2.45, 2.75) is 18.6 Å². The van der Waals surface area contributed by atoms with Gasteiger partial charge in [0.2, 0.25) is 11.8 Å². The zero-order chi connectivity index (χ0) is 17.1. The number of imide groups is 1. The fraction of sp³-hybridized carbons (Fsp3) is 0.167. The van der Waals surface area contributed by atoms with Gasteiger partial charge in [0.1, 0.15) is 5.25 Å². The van der Waals surface area contributed by atoms with Crippen LogP contribution in [0.25, 0.3) is 0 Å². The third-order valence-electron chi connectivity index (χ3n) is 3.61. The molecule has 0 spiro atoms. The predicted molar refractivity (Wildman–Crippen MR) is 95.1 cm³/mol. The Hall–Kier alpha value is -2.60. The van der Waals surface area contributed by atoms with Gasteiger partial charge in [0.25, 0.3) is 5.24 Å². The lowest BCUT2D eigenvalue weighted by atomic mass is 10.2. The van der Waals surface area contributed by atoms with Crippen LogP contribution in [0.15, 0.2) is 54.6 Å². The van der Waals surface area contributed by atoms with Crippen LogP contribution >= 0.6 is 11.8 Å². The van der Waals surface area contributed by atoms with Gasteiger partial charge >= 0.3 is 0 Å². The number of carbonyl (C=O) groups excluding carboxylic acids is 3. The van der Waals surface area contributed by atoms with E-state index in [1.165, 1.54) is 0 Å². The molecule has 1 fully saturated rings. The highest BCUT2D eigenvalue weighted by Crippen LogP contribution is 2.33. The van der Waals surface area contributed by atoms with Gasteiger partial charge in [-0.15, -0.1) is 0 Å². The van der Waals surface area contributed by atoms with Crippen molar-refractivity contribution in [3.8, 4) is 0 Å². The van der Waals surface area contributed by atoms with Crippen LogP contribution in [0, 0.1) is 6.92 Å². The van der Waals surface area contributed by atoms with Crippen molar-refractivity contribution >= 4 is 40.2 Å². The van der Waals surface area contributed by atoms with Gasteiger partial charge in [-0.1, -0.05) is 30.3 Å². The predicted octanol–water partition coefficient (Wildman–Crippen LogP) is 3.59. The van der Waals surface area contributed by atoms with Gasteiger partial charge in [0.05, 0.1) is 5.69 Å². The molecule has 1 aliphatic heterocycles. The smallest absolute Gasteiger partial charge is 0.293 e. The Bertz CT molecular complexity index is 792. The molecule has 0 radical (unpaired) electrons. The molecule has 3 rings (SSSR count).